The molecule has 2 aliphatic rings. The Morgan fingerprint density at radius 1 is 1.28 bits per heavy atom. The zero-order valence-corrected chi connectivity index (χ0v) is 11.2. The van der Waals surface area contributed by atoms with Crippen LogP contribution in [0.2, 0.25) is 0 Å². The molecule has 3 nitrogen and oxygen atoms in total. The Morgan fingerprint density at radius 2 is 1.83 bits per heavy atom. The van der Waals surface area contributed by atoms with E-state index in [9.17, 15) is 15.2 Å². The van der Waals surface area contributed by atoms with Crippen LogP contribution in [-0.4, -0.2) is 16.5 Å². The molecule has 0 saturated heterocycles. The average Bonchev–Trinajstić information content (AvgIpc) is 2.42. The fourth-order valence-corrected chi connectivity index (χ4v) is 3.68. The van der Waals surface area contributed by atoms with E-state index in [0.717, 1.165) is 25.7 Å². The van der Waals surface area contributed by atoms with Crippen molar-refractivity contribution in [3.05, 3.63) is 0 Å². The predicted octanol–water partition coefficient (Wildman–Crippen LogP) is 2.97. The van der Waals surface area contributed by atoms with E-state index in [1.807, 2.05) is 0 Å². The molecule has 3 heteroatoms. The summed E-state index contributed by atoms with van der Waals surface area (Å²) in [5.74, 6) is 0.940. The minimum absolute atomic E-state index is 0.231. The first-order valence-corrected chi connectivity index (χ1v) is 7.20. The summed E-state index contributed by atoms with van der Waals surface area (Å²) in [7, 11) is 0. The second-order valence-corrected chi connectivity index (χ2v) is 6.12. The molecule has 0 aliphatic heterocycles. The fraction of sp³-hybridized carbons (Fsp3) is 0.867. The van der Waals surface area contributed by atoms with Crippen LogP contribution < -0.4 is 0 Å². The zero-order chi connectivity index (χ0) is 13.2. The number of nitrogens with zero attached hydrogens (tertiary/aromatic N) is 1. The third-order valence-corrected chi connectivity index (χ3v) is 5.28. The maximum absolute atomic E-state index is 11.3. The molecule has 100 valence electrons. The van der Waals surface area contributed by atoms with Crippen LogP contribution in [0.1, 0.15) is 64.7 Å². The van der Waals surface area contributed by atoms with Crippen LogP contribution in [0.4, 0.5) is 0 Å². The molecule has 0 aromatic heterocycles. The van der Waals surface area contributed by atoms with Gasteiger partial charge in [0.15, 0.2) is 0 Å². The van der Waals surface area contributed by atoms with Crippen LogP contribution in [0.5, 0.6) is 0 Å². The number of carbonyl (C=O) groups is 1. The maximum atomic E-state index is 11.3. The number of carbonyl (C=O) groups excluding carboxylic acids is 1. The van der Waals surface area contributed by atoms with Crippen molar-refractivity contribution in [1.82, 2.24) is 0 Å². The Bertz CT molecular complexity index is 351. The molecule has 2 saturated carbocycles. The van der Waals surface area contributed by atoms with Gasteiger partial charge in [0, 0.05) is 12.8 Å². The maximum Gasteiger partial charge on any atom is 0.133 e. The summed E-state index contributed by atoms with van der Waals surface area (Å²) in [6.07, 6.45) is 6.69. The van der Waals surface area contributed by atoms with Crippen molar-refractivity contribution in [1.29, 1.82) is 5.26 Å². The lowest BCUT2D eigenvalue weighted by atomic mass is 9.58. The third-order valence-electron chi connectivity index (χ3n) is 5.28. The molecule has 2 rings (SSSR count). The van der Waals surface area contributed by atoms with Crippen LogP contribution in [-0.2, 0) is 4.79 Å². The van der Waals surface area contributed by atoms with Gasteiger partial charge in [-0.1, -0.05) is 13.3 Å². The van der Waals surface area contributed by atoms with Gasteiger partial charge in [-0.2, -0.15) is 5.26 Å². The summed E-state index contributed by atoms with van der Waals surface area (Å²) in [6, 6.07) is 2.43. The Morgan fingerprint density at radius 3 is 2.28 bits per heavy atom. The molecule has 0 bridgehead atoms. The van der Waals surface area contributed by atoms with Crippen molar-refractivity contribution in [3.8, 4) is 6.07 Å². The average molecular weight is 249 g/mol. The van der Waals surface area contributed by atoms with Gasteiger partial charge in [0.1, 0.15) is 5.78 Å². The molecular weight excluding hydrogens is 226 g/mol. The predicted molar refractivity (Wildman–Crippen MR) is 68.7 cm³/mol. The summed E-state index contributed by atoms with van der Waals surface area (Å²) in [6.45, 7) is 2.19. The summed E-state index contributed by atoms with van der Waals surface area (Å²) in [5, 5.41) is 20.4. The minimum atomic E-state index is -0.922. The minimum Gasteiger partial charge on any atom is -0.388 e. The Labute approximate surface area is 109 Å². The highest BCUT2D eigenvalue weighted by Gasteiger charge is 2.53. The van der Waals surface area contributed by atoms with Crippen LogP contribution >= 0.6 is 0 Å². The highest BCUT2D eigenvalue weighted by Crippen LogP contribution is 2.51. The third kappa shape index (κ3) is 2.19. The van der Waals surface area contributed by atoms with Gasteiger partial charge in [-0.15, -0.1) is 0 Å². The van der Waals surface area contributed by atoms with Crippen LogP contribution in [0.15, 0.2) is 0 Å². The van der Waals surface area contributed by atoms with E-state index in [2.05, 4.69) is 13.0 Å². The highest BCUT2D eigenvalue weighted by atomic mass is 16.3. The first-order chi connectivity index (χ1) is 8.55. The van der Waals surface area contributed by atoms with E-state index in [0.29, 0.717) is 31.6 Å². The zero-order valence-electron chi connectivity index (χ0n) is 11.2. The summed E-state index contributed by atoms with van der Waals surface area (Å²) in [5.41, 5.74) is -1.52. The summed E-state index contributed by atoms with van der Waals surface area (Å²) < 4.78 is 0. The van der Waals surface area contributed by atoms with E-state index >= 15 is 0 Å². The van der Waals surface area contributed by atoms with Gasteiger partial charge in [-0.3, -0.25) is 4.79 Å². The lowest BCUT2D eigenvalue weighted by Crippen LogP contribution is -2.51. The smallest absolute Gasteiger partial charge is 0.133 e. The molecule has 0 spiro atoms. The number of hydrogen-bond donors (Lipinski definition) is 1. The second kappa shape index (κ2) is 5.01. The molecule has 0 atom stereocenters. The van der Waals surface area contributed by atoms with Crippen molar-refractivity contribution < 1.29 is 9.90 Å². The first-order valence-electron chi connectivity index (χ1n) is 7.20. The van der Waals surface area contributed by atoms with E-state index < -0.39 is 11.0 Å². The van der Waals surface area contributed by atoms with E-state index in [1.54, 1.807) is 0 Å². The number of nitriles is 1. The van der Waals surface area contributed by atoms with Crippen molar-refractivity contribution in [2.45, 2.75) is 70.3 Å². The standard InChI is InChI=1S/C15H23NO2/c1-2-12-3-7-14(11-16,8-4-12)15(18)9-5-13(17)6-10-15/h12,18H,2-10H2,1H3. The van der Waals surface area contributed by atoms with E-state index in [1.165, 1.54) is 6.42 Å². The molecule has 18 heavy (non-hydrogen) atoms. The second-order valence-electron chi connectivity index (χ2n) is 6.12. The largest absolute Gasteiger partial charge is 0.388 e. The van der Waals surface area contributed by atoms with Gasteiger partial charge >= 0.3 is 0 Å². The first kappa shape index (κ1) is 13.5. The van der Waals surface area contributed by atoms with E-state index in [4.69, 9.17) is 0 Å². The molecule has 2 fully saturated rings. The Kier molecular flexibility index (Phi) is 3.77. The number of aliphatic hydroxyl groups is 1. The fourth-order valence-electron chi connectivity index (χ4n) is 3.68. The van der Waals surface area contributed by atoms with Crippen molar-refractivity contribution in [2.24, 2.45) is 11.3 Å². The summed E-state index contributed by atoms with van der Waals surface area (Å²) >= 11 is 0. The SMILES string of the molecule is CCC1CCC(C#N)(C2(O)CCC(=O)CC2)CC1. The summed E-state index contributed by atoms with van der Waals surface area (Å²) in [4.78, 5) is 11.3. The quantitative estimate of drug-likeness (QED) is 0.818. The lowest BCUT2D eigenvalue weighted by molar-refractivity contribution is -0.136. The van der Waals surface area contributed by atoms with Crippen LogP contribution in [0, 0.1) is 22.7 Å². The van der Waals surface area contributed by atoms with Gasteiger partial charge in [-0.05, 0) is 44.4 Å². The molecule has 0 amide bonds. The topological polar surface area (TPSA) is 61.1 Å². The van der Waals surface area contributed by atoms with Gasteiger partial charge in [-0.25, -0.2) is 0 Å². The van der Waals surface area contributed by atoms with Gasteiger partial charge in [0.05, 0.1) is 17.1 Å². The molecule has 2 aliphatic carbocycles. The molecule has 0 heterocycles. The van der Waals surface area contributed by atoms with Crippen molar-refractivity contribution in [3.63, 3.8) is 0 Å². The highest BCUT2D eigenvalue weighted by molar-refractivity contribution is 5.79. The Hall–Kier alpha value is -0.880. The number of Topliss-reactive ketones (excluding diaryl/α,β-unsaturated/α-hetero) is 1. The molecule has 0 radical (unpaired) electrons. The van der Waals surface area contributed by atoms with Crippen LogP contribution in [0.25, 0.3) is 0 Å². The van der Waals surface area contributed by atoms with Gasteiger partial charge in [0.25, 0.3) is 0 Å². The molecular formula is C15H23NO2. The number of hydrogen-bond acceptors (Lipinski definition) is 3. The number of ketones is 1. The monoisotopic (exact) mass is 249 g/mol. The van der Waals surface area contributed by atoms with Crippen LogP contribution in [0.3, 0.4) is 0 Å². The van der Waals surface area contributed by atoms with Crippen molar-refractivity contribution >= 4 is 5.78 Å². The van der Waals surface area contributed by atoms with Gasteiger partial charge < -0.3 is 5.11 Å². The Balaban J connectivity index is 2.13. The number of rotatable bonds is 2. The molecule has 0 unspecified atom stereocenters. The molecule has 0 aromatic carbocycles. The van der Waals surface area contributed by atoms with Crippen molar-refractivity contribution in [2.75, 3.05) is 0 Å². The molecule has 0 aromatic rings. The normalized spacial score (nSPS) is 36.1. The molecule has 1 N–H and O–H groups in total. The van der Waals surface area contributed by atoms with Gasteiger partial charge in [0.2, 0.25) is 0 Å². The van der Waals surface area contributed by atoms with E-state index in [-0.39, 0.29) is 5.78 Å². The lowest BCUT2D eigenvalue weighted by Gasteiger charge is -2.48.